The number of nitrogens with one attached hydrogen (secondary N) is 1. The summed E-state index contributed by atoms with van der Waals surface area (Å²) in [6.07, 6.45) is 3.32. The number of aliphatic hydroxyl groups is 1. The van der Waals surface area contributed by atoms with Crippen molar-refractivity contribution in [2.24, 2.45) is 0 Å². The summed E-state index contributed by atoms with van der Waals surface area (Å²) in [5.74, 6) is 0. The second-order valence-electron chi connectivity index (χ2n) is 4.83. The lowest BCUT2D eigenvalue weighted by atomic mass is 10.1. The monoisotopic (exact) mass is 306 g/mol. The Hall–Kier alpha value is -1.76. The Bertz CT molecular complexity index is 742. The molecule has 0 aliphatic heterocycles. The predicted molar refractivity (Wildman–Crippen MR) is 80.1 cm³/mol. The molecule has 2 aromatic rings. The molecular formula is C15H18N2O3S. The molecule has 1 aromatic carbocycles. The lowest BCUT2D eigenvalue weighted by Gasteiger charge is -2.12. The van der Waals surface area contributed by atoms with Gasteiger partial charge in [0.25, 0.3) is 0 Å². The maximum atomic E-state index is 12.4. The van der Waals surface area contributed by atoms with Gasteiger partial charge >= 0.3 is 0 Å². The number of benzene rings is 1. The molecule has 2 N–H and O–H groups in total. The minimum absolute atomic E-state index is 0.184. The standard InChI is InChI=1S/C15H18N2O3S/c1-11-6-7-16-8-14(11)9-17-21(19,20)15-5-3-4-13(10-18)12(15)2/h3-8,17-18H,9-10H2,1-2H3. The van der Waals surface area contributed by atoms with Gasteiger partial charge in [-0.25, -0.2) is 13.1 Å². The first kappa shape index (κ1) is 15.6. The molecule has 0 bridgehead atoms. The van der Waals surface area contributed by atoms with Crippen LogP contribution in [0.4, 0.5) is 0 Å². The number of rotatable bonds is 5. The predicted octanol–water partition coefficient (Wildman–Crippen LogP) is 1.67. The van der Waals surface area contributed by atoms with Crippen molar-refractivity contribution < 1.29 is 13.5 Å². The van der Waals surface area contributed by atoms with Crippen LogP contribution in [0.5, 0.6) is 0 Å². The second-order valence-corrected chi connectivity index (χ2v) is 6.56. The van der Waals surface area contributed by atoms with Crippen LogP contribution in [-0.4, -0.2) is 18.5 Å². The molecule has 2 rings (SSSR count). The second kappa shape index (κ2) is 6.34. The number of hydrogen-bond acceptors (Lipinski definition) is 4. The number of nitrogens with zero attached hydrogens (tertiary/aromatic N) is 1. The lowest BCUT2D eigenvalue weighted by Crippen LogP contribution is -2.24. The molecular weight excluding hydrogens is 288 g/mol. The van der Waals surface area contributed by atoms with Gasteiger partial charge in [0.2, 0.25) is 10.0 Å². The van der Waals surface area contributed by atoms with Gasteiger partial charge in [0, 0.05) is 18.9 Å². The van der Waals surface area contributed by atoms with E-state index in [4.69, 9.17) is 0 Å². The number of aryl methyl sites for hydroxylation is 1. The van der Waals surface area contributed by atoms with Gasteiger partial charge in [0.1, 0.15) is 0 Å². The van der Waals surface area contributed by atoms with E-state index in [0.717, 1.165) is 11.1 Å². The summed E-state index contributed by atoms with van der Waals surface area (Å²) < 4.78 is 27.4. The Balaban J connectivity index is 2.26. The molecule has 0 unspecified atom stereocenters. The first-order chi connectivity index (χ1) is 9.95. The lowest BCUT2D eigenvalue weighted by molar-refractivity contribution is 0.280. The van der Waals surface area contributed by atoms with Gasteiger partial charge in [-0.3, -0.25) is 4.98 Å². The smallest absolute Gasteiger partial charge is 0.241 e. The average molecular weight is 306 g/mol. The highest BCUT2D eigenvalue weighted by Gasteiger charge is 2.18. The van der Waals surface area contributed by atoms with Crippen LogP contribution in [-0.2, 0) is 23.2 Å². The molecule has 112 valence electrons. The normalized spacial score (nSPS) is 11.6. The topological polar surface area (TPSA) is 79.3 Å². The fraction of sp³-hybridized carbons (Fsp3) is 0.267. The molecule has 6 heteroatoms. The zero-order chi connectivity index (χ0) is 15.5. The maximum absolute atomic E-state index is 12.4. The van der Waals surface area contributed by atoms with Gasteiger partial charge in [-0.2, -0.15) is 0 Å². The van der Waals surface area contributed by atoms with Crippen LogP contribution >= 0.6 is 0 Å². The van der Waals surface area contributed by atoms with Crippen LogP contribution in [0, 0.1) is 13.8 Å². The van der Waals surface area contributed by atoms with E-state index in [-0.39, 0.29) is 18.0 Å². The zero-order valence-corrected chi connectivity index (χ0v) is 12.8. The molecule has 21 heavy (non-hydrogen) atoms. The maximum Gasteiger partial charge on any atom is 0.241 e. The van der Waals surface area contributed by atoms with Gasteiger partial charge in [0.05, 0.1) is 11.5 Å². The number of hydrogen-bond donors (Lipinski definition) is 2. The van der Waals surface area contributed by atoms with Gasteiger partial charge in [-0.05, 0) is 48.2 Å². The third-order valence-electron chi connectivity index (χ3n) is 3.46. The highest BCUT2D eigenvalue weighted by atomic mass is 32.2. The quantitative estimate of drug-likeness (QED) is 0.880. The molecule has 0 atom stereocenters. The summed E-state index contributed by atoms with van der Waals surface area (Å²) >= 11 is 0. The number of aromatic nitrogens is 1. The summed E-state index contributed by atoms with van der Waals surface area (Å²) in [7, 11) is -3.63. The van der Waals surface area contributed by atoms with Crippen LogP contribution in [0.3, 0.4) is 0 Å². The van der Waals surface area contributed by atoms with E-state index in [2.05, 4.69) is 9.71 Å². The molecule has 0 spiro atoms. The van der Waals surface area contributed by atoms with Crippen molar-refractivity contribution in [3.63, 3.8) is 0 Å². The molecule has 0 fully saturated rings. The van der Waals surface area contributed by atoms with E-state index >= 15 is 0 Å². The van der Waals surface area contributed by atoms with Gasteiger partial charge in [-0.1, -0.05) is 12.1 Å². The van der Waals surface area contributed by atoms with E-state index in [1.54, 1.807) is 31.5 Å². The highest BCUT2D eigenvalue weighted by molar-refractivity contribution is 7.89. The Morgan fingerprint density at radius 1 is 1.19 bits per heavy atom. The molecule has 0 aliphatic rings. The third kappa shape index (κ3) is 3.47. The largest absolute Gasteiger partial charge is 0.392 e. The van der Waals surface area contributed by atoms with Crippen LogP contribution < -0.4 is 4.72 Å². The van der Waals surface area contributed by atoms with E-state index < -0.39 is 10.0 Å². The van der Waals surface area contributed by atoms with E-state index in [1.165, 1.54) is 6.07 Å². The molecule has 1 aromatic heterocycles. The summed E-state index contributed by atoms with van der Waals surface area (Å²) in [5, 5.41) is 9.23. The Labute approximate surface area is 124 Å². The van der Waals surface area contributed by atoms with Gasteiger partial charge < -0.3 is 5.11 Å². The molecule has 0 aliphatic carbocycles. The van der Waals surface area contributed by atoms with Crippen molar-refractivity contribution >= 4 is 10.0 Å². The van der Waals surface area contributed by atoms with Crippen molar-refractivity contribution in [2.75, 3.05) is 0 Å². The van der Waals surface area contributed by atoms with E-state index in [9.17, 15) is 13.5 Å². The minimum atomic E-state index is -3.63. The van der Waals surface area contributed by atoms with Crippen LogP contribution in [0.2, 0.25) is 0 Å². The SMILES string of the molecule is Cc1ccncc1CNS(=O)(=O)c1cccc(CO)c1C. The molecule has 0 radical (unpaired) electrons. The van der Waals surface area contributed by atoms with Crippen LogP contribution in [0.25, 0.3) is 0 Å². The van der Waals surface area contributed by atoms with E-state index in [1.807, 2.05) is 13.0 Å². The highest BCUT2D eigenvalue weighted by Crippen LogP contribution is 2.19. The molecule has 0 saturated carbocycles. The summed E-state index contributed by atoms with van der Waals surface area (Å²) in [5.41, 5.74) is 2.98. The minimum Gasteiger partial charge on any atom is -0.392 e. The summed E-state index contributed by atoms with van der Waals surface area (Å²) in [6, 6.07) is 6.70. The third-order valence-corrected chi connectivity index (χ3v) is 5.00. The summed E-state index contributed by atoms with van der Waals surface area (Å²) in [6.45, 7) is 3.60. The van der Waals surface area contributed by atoms with Crippen molar-refractivity contribution in [1.82, 2.24) is 9.71 Å². The number of aliphatic hydroxyl groups excluding tert-OH is 1. The van der Waals surface area contributed by atoms with Crippen molar-refractivity contribution in [3.05, 3.63) is 58.9 Å². The van der Waals surface area contributed by atoms with Crippen molar-refractivity contribution in [1.29, 1.82) is 0 Å². The summed E-state index contributed by atoms with van der Waals surface area (Å²) in [4.78, 5) is 4.19. The fourth-order valence-electron chi connectivity index (χ4n) is 2.05. The Morgan fingerprint density at radius 3 is 2.62 bits per heavy atom. The zero-order valence-electron chi connectivity index (χ0n) is 12.0. The molecule has 0 amide bonds. The average Bonchev–Trinajstić information content (AvgIpc) is 2.46. The van der Waals surface area contributed by atoms with Crippen molar-refractivity contribution in [2.45, 2.75) is 31.9 Å². The molecule has 0 saturated heterocycles. The first-order valence-corrected chi connectivity index (χ1v) is 8.02. The van der Waals surface area contributed by atoms with Crippen LogP contribution in [0.1, 0.15) is 22.3 Å². The molecule has 5 nitrogen and oxygen atoms in total. The van der Waals surface area contributed by atoms with Crippen LogP contribution in [0.15, 0.2) is 41.6 Å². The Morgan fingerprint density at radius 2 is 1.95 bits per heavy atom. The first-order valence-electron chi connectivity index (χ1n) is 6.54. The molecule has 1 heterocycles. The van der Waals surface area contributed by atoms with Crippen molar-refractivity contribution in [3.8, 4) is 0 Å². The van der Waals surface area contributed by atoms with E-state index in [0.29, 0.717) is 11.1 Å². The number of sulfonamides is 1. The van der Waals surface area contributed by atoms with Gasteiger partial charge in [-0.15, -0.1) is 0 Å². The number of pyridine rings is 1. The fourth-order valence-corrected chi connectivity index (χ4v) is 3.35. The Kier molecular flexibility index (Phi) is 4.72. The van der Waals surface area contributed by atoms with Gasteiger partial charge in [0.15, 0.2) is 0 Å².